The Hall–Kier alpha value is -3.48. The average Bonchev–Trinajstić information content (AvgIpc) is 3.23. The van der Waals surface area contributed by atoms with Gasteiger partial charge in [0, 0.05) is 36.8 Å². The Kier molecular flexibility index (Phi) is 5.84. The van der Waals surface area contributed by atoms with E-state index in [2.05, 4.69) is 21.5 Å². The number of piperidine rings is 1. The number of benzene rings is 2. The van der Waals surface area contributed by atoms with Gasteiger partial charge < -0.3 is 14.7 Å². The maximum absolute atomic E-state index is 13.0. The van der Waals surface area contributed by atoms with Gasteiger partial charge in [0.15, 0.2) is 0 Å². The lowest BCUT2D eigenvalue weighted by atomic mass is 9.96. The van der Waals surface area contributed by atoms with Crippen molar-refractivity contribution in [3.05, 3.63) is 65.0 Å². The highest BCUT2D eigenvalue weighted by Crippen LogP contribution is 2.29. The molecular weight excluding hydrogens is 392 g/mol. The fourth-order valence-electron chi connectivity index (χ4n) is 4.07. The molecule has 1 aromatic heterocycles. The van der Waals surface area contributed by atoms with Crippen LogP contribution in [0.3, 0.4) is 0 Å². The van der Waals surface area contributed by atoms with Crippen molar-refractivity contribution in [1.82, 2.24) is 15.0 Å². The van der Waals surface area contributed by atoms with Gasteiger partial charge in [-0.3, -0.25) is 9.59 Å². The van der Waals surface area contributed by atoms with Crippen molar-refractivity contribution in [1.29, 1.82) is 0 Å². The maximum Gasteiger partial charge on any atom is 0.253 e. The average molecular weight is 418 g/mol. The van der Waals surface area contributed by atoms with Crippen LogP contribution in [0.25, 0.3) is 11.4 Å². The maximum atomic E-state index is 13.0. The highest BCUT2D eigenvalue weighted by atomic mass is 16.5. The molecule has 7 nitrogen and oxygen atoms in total. The van der Waals surface area contributed by atoms with Crippen LogP contribution in [0.1, 0.15) is 53.1 Å². The summed E-state index contributed by atoms with van der Waals surface area (Å²) in [5.74, 6) is 1.00. The SMILES string of the molecule is CC(=O)Nc1ccc(-c2noc([C@H]3CCCN(C(=O)c4cc(C)cc(C)c4)C3)n2)cc1. The van der Waals surface area contributed by atoms with Gasteiger partial charge in [-0.15, -0.1) is 0 Å². The zero-order valence-corrected chi connectivity index (χ0v) is 18.0. The number of amides is 2. The third-order valence-corrected chi connectivity index (χ3v) is 5.43. The van der Waals surface area contributed by atoms with Crippen molar-refractivity contribution in [3.63, 3.8) is 0 Å². The van der Waals surface area contributed by atoms with E-state index in [9.17, 15) is 9.59 Å². The van der Waals surface area contributed by atoms with E-state index in [1.54, 1.807) is 12.1 Å². The van der Waals surface area contributed by atoms with Gasteiger partial charge in [-0.25, -0.2) is 0 Å². The minimum atomic E-state index is -0.119. The van der Waals surface area contributed by atoms with E-state index in [-0.39, 0.29) is 17.7 Å². The summed E-state index contributed by atoms with van der Waals surface area (Å²) in [6.07, 6.45) is 1.80. The predicted molar refractivity (Wildman–Crippen MR) is 118 cm³/mol. The second-order valence-corrected chi connectivity index (χ2v) is 8.18. The third kappa shape index (κ3) is 4.82. The number of carbonyl (C=O) groups excluding carboxylic acids is 2. The summed E-state index contributed by atoms with van der Waals surface area (Å²) in [7, 11) is 0. The number of hydrogen-bond acceptors (Lipinski definition) is 5. The molecule has 0 spiro atoms. The van der Waals surface area contributed by atoms with Gasteiger partial charge in [-0.05, 0) is 63.1 Å². The number of carbonyl (C=O) groups is 2. The summed E-state index contributed by atoms with van der Waals surface area (Å²) < 4.78 is 5.56. The number of rotatable bonds is 4. The fourth-order valence-corrected chi connectivity index (χ4v) is 4.07. The molecule has 1 saturated heterocycles. The molecule has 2 aromatic carbocycles. The van der Waals surface area contributed by atoms with Crippen LogP contribution in [0.4, 0.5) is 5.69 Å². The molecule has 2 amide bonds. The topological polar surface area (TPSA) is 88.3 Å². The molecule has 0 bridgehead atoms. The molecule has 4 rings (SSSR count). The van der Waals surface area contributed by atoms with E-state index in [0.29, 0.717) is 23.9 Å². The van der Waals surface area contributed by atoms with Crippen molar-refractivity contribution in [3.8, 4) is 11.4 Å². The number of likely N-dealkylation sites (tertiary alicyclic amines) is 1. The minimum absolute atomic E-state index is 0.0171. The quantitative estimate of drug-likeness (QED) is 0.681. The molecule has 1 atom stereocenters. The van der Waals surface area contributed by atoms with Gasteiger partial charge in [0.25, 0.3) is 5.91 Å². The van der Waals surface area contributed by atoms with Crippen LogP contribution in [-0.4, -0.2) is 39.9 Å². The van der Waals surface area contributed by atoms with Gasteiger partial charge >= 0.3 is 0 Å². The second kappa shape index (κ2) is 8.71. The Morgan fingerprint density at radius 1 is 1.10 bits per heavy atom. The Labute approximate surface area is 181 Å². The van der Waals surface area contributed by atoms with E-state index in [1.165, 1.54) is 6.92 Å². The first-order valence-corrected chi connectivity index (χ1v) is 10.5. The number of nitrogens with zero attached hydrogens (tertiary/aromatic N) is 3. The monoisotopic (exact) mass is 418 g/mol. The molecule has 1 aliphatic heterocycles. The standard InChI is InChI=1S/C24H26N4O3/c1-15-11-16(2)13-20(12-15)24(30)28-10-4-5-19(14-28)23-26-22(27-31-23)18-6-8-21(9-7-18)25-17(3)29/h6-9,11-13,19H,4-5,10,14H2,1-3H3,(H,25,29)/t19-/m0/s1. The van der Waals surface area contributed by atoms with Crippen molar-refractivity contribution < 1.29 is 14.1 Å². The van der Waals surface area contributed by atoms with Crippen LogP contribution in [0.2, 0.25) is 0 Å². The van der Waals surface area contributed by atoms with E-state index >= 15 is 0 Å². The molecule has 1 N–H and O–H groups in total. The zero-order chi connectivity index (χ0) is 22.0. The molecule has 1 fully saturated rings. The van der Waals surface area contributed by atoms with Crippen LogP contribution in [0.5, 0.6) is 0 Å². The molecule has 0 unspecified atom stereocenters. The van der Waals surface area contributed by atoms with Gasteiger partial charge in [0.1, 0.15) is 0 Å². The Morgan fingerprint density at radius 2 is 1.81 bits per heavy atom. The second-order valence-electron chi connectivity index (χ2n) is 8.18. The van der Waals surface area contributed by atoms with Crippen molar-refractivity contribution in [2.45, 2.75) is 39.5 Å². The van der Waals surface area contributed by atoms with Crippen LogP contribution >= 0.6 is 0 Å². The van der Waals surface area contributed by atoms with Crippen LogP contribution in [-0.2, 0) is 4.79 Å². The van der Waals surface area contributed by atoms with Crippen molar-refractivity contribution >= 4 is 17.5 Å². The number of hydrogen-bond donors (Lipinski definition) is 1. The predicted octanol–water partition coefficient (Wildman–Crippen LogP) is 4.33. The summed E-state index contributed by atoms with van der Waals surface area (Å²) in [6, 6.07) is 13.2. The largest absolute Gasteiger partial charge is 0.339 e. The molecule has 1 aliphatic rings. The van der Waals surface area contributed by atoms with Crippen LogP contribution < -0.4 is 5.32 Å². The number of anilines is 1. The van der Waals surface area contributed by atoms with Gasteiger partial charge in [-0.2, -0.15) is 4.98 Å². The minimum Gasteiger partial charge on any atom is -0.339 e. The van der Waals surface area contributed by atoms with Crippen LogP contribution in [0.15, 0.2) is 47.0 Å². The lowest BCUT2D eigenvalue weighted by Crippen LogP contribution is -2.39. The Morgan fingerprint density at radius 3 is 2.48 bits per heavy atom. The lowest BCUT2D eigenvalue weighted by Gasteiger charge is -2.31. The molecule has 0 radical (unpaired) electrons. The lowest BCUT2D eigenvalue weighted by molar-refractivity contribution is -0.114. The van der Waals surface area contributed by atoms with E-state index in [4.69, 9.17) is 4.52 Å². The van der Waals surface area contributed by atoms with Gasteiger partial charge in [0.05, 0.1) is 5.92 Å². The molecular formula is C24H26N4O3. The van der Waals surface area contributed by atoms with Crippen LogP contribution in [0, 0.1) is 13.8 Å². The summed E-state index contributed by atoms with van der Waals surface area (Å²) in [5.41, 5.74) is 4.42. The normalized spacial score (nSPS) is 16.2. The Bertz CT molecular complexity index is 1080. The Balaban J connectivity index is 1.47. The summed E-state index contributed by atoms with van der Waals surface area (Å²) in [4.78, 5) is 30.7. The van der Waals surface area contributed by atoms with Crippen molar-refractivity contribution in [2.75, 3.05) is 18.4 Å². The fraction of sp³-hybridized carbons (Fsp3) is 0.333. The zero-order valence-electron chi connectivity index (χ0n) is 18.0. The van der Waals surface area contributed by atoms with E-state index in [0.717, 1.165) is 41.6 Å². The summed E-state index contributed by atoms with van der Waals surface area (Å²) in [5, 5.41) is 6.86. The molecule has 160 valence electrons. The first-order chi connectivity index (χ1) is 14.9. The highest BCUT2D eigenvalue weighted by Gasteiger charge is 2.29. The summed E-state index contributed by atoms with van der Waals surface area (Å²) in [6.45, 7) is 6.78. The first kappa shape index (κ1) is 20.8. The van der Waals surface area contributed by atoms with Gasteiger partial charge in [0.2, 0.25) is 17.6 Å². The molecule has 31 heavy (non-hydrogen) atoms. The molecule has 3 aromatic rings. The number of aryl methyl sites for hydroxylation is 2. The van der Waals surface area contributed by atoms with Gasteiger partial charge in [-0.1, -0.05) is 22.3 Å². The van der Waals surface area contributed by atoms with Crippen molar-refractivity contribution in [2.24, 2.45) is 0 Å². The number of nitrogens with one attached hydrogen (secondary N) is 1. The molecule has 0 aliphatic carbocycles. The highest BCUT2D eigenvalue weighted by molar-refractivity contribution is 5.94. The number of aromatic nitrogens is 2. The smallest absolute Gasteiger partial charge is 0.253 e. The molecule has 0 saturated carbocycles. The first-order valence-electron chi connectivity index (χ1n) is 10.5. The molecule has 2 heterocycles. The molecule has 7 heteroatoms. The third-order valence-electron chi connectivity index (χ3n) is 5.43. The summed E-state index contributed by atoms with van der Waals surface area (Å²) >= 11 is 0. The van der Waals surface area contributed by atoms with E-state index < -0.39 is 0 Å². The van der Waals surface area contributed by atoms with E-state index in [1.807, 2.05) is 43.0 Å².